The SMILES string of the molecule is CCOC(=O)CC1=CSC2=NC(C)=C(C(=O)OC)C(c3ccco3)N12. The molecule has 2 aliphatic heterocycles. The number of allylic oxidation sites excluding steroid dienone is 1. The highest BCUT2D eigenvalue weighted by Gasteiger charge is 2.42. The molecule has 1 aromatic heterocycles. The van der Waals surface area contributed by atoms with Crippen molar-refractivity contribution in [2.75, 3.05) is 13.7 Å². The Labute approximate surface area is 149 Å². The molecule has 0 aliphatic carbocycles. The quantitative estimate of drug-likeness (QED) is 0.745. The van der Waals surface area contributed by atoms with Crippen LogP contribution in [0.2, 0.25) is 0 Å². The van der Waals surface area contributed by atoms with Gasteiger partial charge < -0.3 is 18.8 Å². The third kappa shape index (κ3) is 3.21. The molecule has 8 heteroatoms. The van der Waals surface area contributed by atoms with Gasteiger partial charge >= 0.3 is 11.9 Å². The van der Waals surface area contributed by atoms with Gasteiger partial charge in [0.15, 0.2) is 5.17 Å². The van der Waals surface area contributed by atoms with Crippen LogP contribution in [0.25, 0.3) is 0 Å². The molecular weight excluding hydrogens is 344 g/mol. The Morgan fingerprint density at radius 3 is 2.88 bits per heavy atom. The van der Waals surface area contributed by atoms with E-state index in [9.17, 15) is 9.59 Å². The van der Waals surface area contributed by atoms with Gasteiger partial charge in [-0.1, -0.05) is 11.8 Å². The van der Waals surface area contributed by atoms with Crippen LogP contribution in [-0.4, -0.2) is 35.7 Å². The van der Waals surface area contributed by atoms with Crippen LogP contribution < -0.4 is 0 Å². The Morgan fingerprint density at radius 2 is 2.24 bits per heavy atom. The van der Waals surface area contributed by atoms with E-state index in [2.05, 4.69) is 4.99 Å². The summed E-state index contributed by atoms with van der Waals surface area (Å²) in [5, 5.41) is 2.53. The summed E-state index contributed by atoms with van der Waals surface area (Å²) in [6.45, 7) is 3.83. The zero-order valence-corrected chi connectivity index (χ0v) is 15.0. The molecule has 0 N–H and O–H groups in total. The lowest BCUT2D eigenvalue weighted by Gasteiger charge is -2.34. The molecule has 1 aromatic rings. The first-order valence-electron chi connectivity index (χ1n) is 7.78. The normalized spacial score (nSPS) is 19.3. The Bertz CT molecular complexity index is 779. The fourth-order valence-electron chi connectivity index (χ4n) is 2.82. The van der Waals surface area contributed by atoms with Crippen LogP contribution in [0.15, 0.2) is 50.2 Å². The van der Waals surface area contributed by atoms with Gasteiger partial charge in [0, 0.05) is 5.70 Å². The number of carbonyl (C=O) groups is 2. The number of aliphatic imine (C=N–C) groups is 1. The van der Waals surface area contributed by atoms with E-state index in [0.717, 1.165) is 0 Å². The van der Waals surface area contributed by atoms with E-state index in [-0.39, 0.29) is 12.4 Å². The number of esters is 2. The molecule has 132 valence electrons. The zero-order chi connectivity index (χ0) is 18.0. The molecule has 1 unspecified atom stereocenters. The van der Waals surface area contributed by atoms with Crippen LogP contribution in [-0.2, 0) is 19.1 Å². The lowest BCUT2D eigenvalue weighted by Crippen LogP contribution is -2.36. The van der Waals surface area contributed by atoms with E-state index >= 15 is 0 Å². The number of thioether (sulfide) groups is 1. The van der Waals surface area contributed by atoms with Gasteiger partial charge in [0.05, 0.1) is 37.7 Å². The van der Waals surface area contributed by atoms with Crippen molar-refractivity contribution >= 4 is 28.9 Å². The molecule has 0 saturated carbocycles. The topological polar surface area (TPSA) is 81.3 Å². The molecule has 3 heterocycles. The first kappa shape index (κ1) is 17.3. The number of ether oxygens (including phenoxy) is 2. The molecule has 0 radical (unpaired) electrons. The maximum Gasteiger partial charge on any atom is 0.338 e. The van der Waals surface area contributed by atoms with E-state index < -0.39 is 12.0 Å². The van der Waals surface area contributed by atoms with E-state index in [1.807, 2.05) is 10.3 Å². The van der Waals surface area contributed by atoms with Crippen LogP contribution >= 0.6 is 11.8 Å². The van der Waals surface area contributed by atoms with E-state index in [1.54, 1.807) is 32.2 Å². The largest absolute Gasteiger partial charge is 0.467 e. The summed E-state index contributed by atoms with van der Waals surface area (Å²) in [6.07, 6.45) is 1.63. The summed E-state index contributed by atoms with van der Waals surface area (Å²) in [4.78, 5) is 30.6. The second-order valence-corrected chi connectivity index (χ2v) is 6.22. The van der Waals surface area contributed by atoms with Crippen molar-refractivity contribution in [3.63, 3.8) is 0 Å². The number of hydrogen-bond donors (Lipinski definition) is 0. The van der Waals surface area contributed by atoms with Gasteiger partial charge in [-0.25, -0.2) is 9.79 Å². The van der Waals surface area contributed by atoms with Crippen LogP contribution in [0.3, 0.4) is 0 Å². The summed E-state index contributed by atoms with van der Waals surface area (Å²) in [7, 11) is 1.33. The van der Waals surface area contributed by atoms with Crippen molar-refractivity contribution in [3.05, 3.63) is 46.5 Å². The predicted molar refractivity (Wildman–Crippen MR) is 92.4 cm³/mol. The number of nitrogens with zero attached hydrogens (tertiary/aromatic N) is 2. The van der Waals surface area contributed by atoms with Crippen molar-refractivity contribution in [3.8, 4) is 0 Å². The standard InChI is InChI=1S/C17H18N2O5S/c1-4-23-13(20)8-11-9-25-17-18-10(2)14(16(21)22-3)15(19(11)17)12-6-5-7-24-12/h5-7,9,15H,4,8H2,1-3H3. The molecule has 0 saturated heterocycles. The second-order valence-electron chi connectivity index (χ2n) is 5.38. The fourth-order valence-corrected chi connectivity index (χ4v) is 3.78. The summed E-state index contributed by atoms with van der Waals surface area (Å²) < 4.78 is 15.5. The number of carbonyl (C=O) groups excluding carboxylic acids is 2. The van der Waals surface area contributed by atoms with E-state index in [4.69, 9.17) is 13.9 Å². The molecular formula is C17H18N2O5S. The summed E-state index contributed by atoms with van der Waals surface area (Å²) in [5.74, 6) is -0.238. The molecule has 25 heavy (non-hydrogen) atoms. The van der Waals surface area contributed by atoms with Crippen molar-refractivity contribution in [2.24, 2.45) is 4.99 Å². The number of hydrogen-bond acceptors (Lipinski definition) is 8. The number of rotatable bonds is 5. The van der Waals surface area contributed by atoms with Crippen molar-refractivity contribution in [1.82, 2.24) is 4.90 Å². The van der Waals surface area contributed by atoms with Gasteiger partial charge in [-0.3, -0.25) is 4.79 Å². The summed E-state index contributed by atoms with van der Waals surface area (Å²) in [5.41, 5.74) is 1.66. The number of amidine groups is 1. The molecule has 0 spiro atoms. The minimum absolute atomic E-state index is 0.0879. The highest BCUT2D eigenvalue weighted by molar-refractivity contribution is 8.16. The summed E-state index contributed by atoms with van der Waals surface area (Å²) in [6, 6.07) is 3.00. The maximum absolute atomic E-state index is 12.4. The molecule has 0 amide bonds. The molecule has 0 bridgehead atoms. The van der Waals surface area contributed by atoms with Crippen LogP contribution in [0.1, 0.15) is 32.1 Å². The number of fused-ring (bicyclic) bond motifs is 1. The second kappa shape index (κ2) is 7.18. The van der Waals surface area contributed by atoms with Gasteiger partial charge in [0.25, 0.3) is 0 Å². The molecule has 2 aliphatic rings. The predicted octanol–water partition coefficient (Wildman–Crippen LogP) is 2.98. The van der Waals surface area contributed by atoms with Gasteiger partial charge in [-0.2, -0.15) is 0 Å². The van der Waals surface area contributed by atoms with Gasteiger partial charge in [0.2, 0.25) is 0 Å². The third-order valence-electron chi connectivity index (χ3n) is 3.85. The number of methoxy groups -OCH3 is 1. The Morgan fingerprint density at radius 1 is 1.44 bits per heavy atom. The number of furan rings is 1. The van der Waals surface area contributed by atoms with Gasteiger partial charge in [-0.15, -0.1) is 0 Å². The minimum atomic E-state index is -0.536. The molecule has 0 fully saturated rings. The average Bonchev–Trinajstić information content (AvgIpc) is 3.23. The van der Waals surface area contributed by atoms with Crippen molar-refractivity contribution in [2.45, 2.75) is 26.3 Å². The van der Waals surface area contributed by atoms with Gasteiger partial charge in [0.1, 0.15) is 11.8 Å². The lowest BCUT2D eigenvalue weighted by atomic mass is 9.99. The van der Waals surface area contributed by atoms with Crippen molar-refractivity contribution in [1.29, 1.82) is 0 Å². The highest BCUT2D eigenvalue weighted by Crippen LogP contribution is 2.44. The summed E-state index contributed by atoms with van der Waals surface area (Å²) >= 11 is 1.40. The van der Waals surface area contributed by atoms with Crippen LogP contribution in [0.5, 0.6) is 0 Å². The molecule has 1 atom stereocenters. The van der Waals surface area contributed by atoms with Crippen molar-refractivity contribution < 1.29 is 23.5 Å². The molecule has 3 rings (SSSR count). The minimum Gasteiger partial charge on any atom is -0.467 e. The Balaban J connectivity index is 2.01. The van der Waals surface area contributed by atoms with Crippen LogP contribution in [0, 0.1) is 0 Å². The van der Waals surface area contributed by atoms with Crippen LogP contribution in [0.4, 0.5) is 0 Å². The smallest absolute Gasteiger partial charge is 0.338 e. The first-order valence-corrected chi connectivity index (χ1v) is 8.66. The monoisotopic (exact) mass is 362 g/mol. The van der Waals surface area contributed by atoms with E-state index in [0.29, 0.717) is 34.5 Å². The Kier molecular flexibility index (Phi) is 4.98. The Hall–Kier alpha value is -2.48. The average molecular weight is 362 g/mol. The third-order valence-corrected chi connectivity index (χ3v) is 4.74. The first-order chi connectivity index (χ1) is 12.1. The zero-order valence-electron chi connectivity index (χ0n) is 14.1. The highest BCUT2D eigenvalue weighted by atomic mass is 32.2. The molecule has 7 nitrogen and oxygen atoms in total. The molecule has 0 aromatic carbocycles. The van der Waals surface area contributed by atoms with Gasteiger partial charge in [-0.05, 0) is 31.4 Å². The fraction of sp³-hybridized carbons (Fsp3) is 0.353. The lowest BCUT2D eigenvalue weighted by molar-refractivity contribution is -0.142. The maximum atomic E-state index is 12.4. The van der Waals surface area contributed by atoms with E-state index in [1.165, 1.54) is 18.9 Å².